The van der Waals surface area contributed by atoms with Crippen LogP contribution in [-0.2, 0) is 0 Å². The van der Waals surface area contributed by atoms with Crippen LogP contribution in [0.2, 0.25) is 0 Å². The molecule has 0 bridgehead atoms. The molecule has 1 fully saturated rings. The van der Waals surface area contributed by atoms with E-state index in [2.05, 4.69) is 39.8 Å². The monoisotopic (exact) mass is 169 g/mol. The summed E-state index contributed by atoms with van der Waals surface area (Å²) in [6.45, 7) is 7.12. The maximum Gasteiger partial charge on any atom is 0.0175 e. The van der Waals surface area contributed by atoms with E-state index in [4.69, 9.17) is 0 Å². The molecule has 0 amide bonds. The van der Waals surface area contributed by atoms with Gasteiger partial charge in [0.05, 0.1) is 0 Å². The molecule has 0 aliphatic heterocycles. The Morgan fingerprint density at radius 3 is 2.08 bits per heavy atom. The molecule has 0 aromatic carbocycles. The van der Waals surface area contributed by atoms with Crippen LogP contribution < -0.4 is 0 Å². The first-order chi connectivity index (χ1) is 5.44. The van der Waals surface area contributed by atoms with E-state index in [0.717, 1.165) is 11.8 Å². The molecule has 1 aliphatic rings. The van der Waals surface area contributed by atoms with Crippen LogP contribution >= 0.6 is 0 Å². The van der Waals surface area contributed by atoms with Gasteiger partial charge in [0.2, 0.25) is 0 Å². The molecular formula is C11H23N. The molecule has 72 valence electrons. The summed E-state index contributed by atoms with van der Waals surface area (Å²) in [6.07, 6.45) is 4.28. The Bertz CT molecular complexity index is 149. The van der Waals surface area contributed by atoms with Crippen LogP contribution in [0, 0.1) is 11.8 Å². The second kappa shape index (κ2) is 3.37. The van der Waals surface area contributed by atoms with Gasteiger partial charge in [0.1, 0.15) is 0 Å². The SMILES string of the molecule is CC1CCC(C(C)(C)N(C)C)C1. The zero-order valence-corrected chi connectivity index (χ0v) is 9.22. The molecule has 0 radical (unpaired) electrons. The standard InChI is InChI=1S/C11H23N/c1-9-6-7-10(8-9)11(2,3)12(4)5/h9-10H,6-8H2,1-5H3. The molecule has 0 aromatic heterocycles. The van der Waals surface area contributed by atoms with Crippen LogP contribution in [0.1, 0.15) is 40.0 Å². The second-order valence-electron chi connectivity index (χ2n) is 5.16. The lowest BCUT2D eigenvalue weighted by Crippen LogP contribution is -2.44. The lowest BCUT2D eigenvalue weighted by molar-refractivity contribution is 0.117. The van der Waals surface area contributed by atoms with E-state index in [9.17, 15) is 0 Å². The Labute approximate surface area is 77.1 Å². The van der Waals surface area contributed by atoms with Crippen molar-refractivity contribution in [3.63, 3.8) is 0 Å². The molecule has 1 saturated carbocycles. The maximum atomic E-state index is 2.38. The Balaban J connectivity index is 2.57. The van der Waals surface area contributed by atoms with Gasteiger partial charge in [0, 0.05) is 5.54 Å². The summed E-state index contributed by atoms with van der Waals surface area (Å²) in [6, 6.07) is 0. The van der Waals surface area contributed by atoms with Gasteiger partial charge >= 0.3 is 0 Å². The normalized spacial score (nSPS) is 31.5. The van der Waals surface area contributed by atoms with E-state index in [1.165, 1.54) is 19.3 Å². The molecule has 1 aliphatic carbocycles. The minimum atomic E-state index is 0.394. The summed E-state index contributed by atoms with van der Waals surface area (Å²) in [4.78, 5) is 2.37. The third-order valence-corrected chi connectivity index (χ3v) is 3.85. The van der Waals surface area contributed by atoms with Gasteiger partial charge in [0.15, 0.2) is 0 Å². The zero-order valence-electron chi connectivity index (χ0n) is 9.22. The largest absolute Gasteiger partial charge is 0.304 e. The third kappa shape index (κ3) is 1.82. The van der Waals surface area contributed by atoms with Crippen LogP contribution in [0.5, 0.6) is 0 Å². The fourth-order valence-electron chi connectivity index (χ4n) is 2.21. The lowest BCUT2D eigenvalue weighted by atomic mass is 9.84. The molecule has 0 heterocycles. The van der Waals surface area contributed by atoms with Crippen molar-refractivity contribution < 1.29 is 0 Å². The van der Waals surface area contributed by atoms with Gasteiger partial charge in [-0.2, -0.15) is 0 Å². The van der Waals surface area contributed by atoms with Crippen molar-refractivity contribution in [3.8, 4) is 0 Å². The van der Waals surface area contributed by atoms with E-state index < -0.39 is 0 Å². The summed E-state index contributed by atoms with van der Waals surface area (Å²) in [5.41, 5.74) is 0.394. The molecule has 2 atom stereocenters. The highest BCUT2D eigenvalue weighted by molar-refractivity contribution is 4.90. The van der Waals surface area contributed by atoms with Crippen molar-refractivity contribution in [2.45, 2.75) is 45.6 Å². The number of rotatable bonds is 2. The molecule has 2 unspecified atom stereocenters. The fraction of sp³-hybridized carbons (Fsp3) is 1.00. The number of hydrogen-bond donors (Lipinski definition) is 0. The number of nitrogens with zero attached hydrogens (tertiary/aromatic N) is 1. The average molecular weight is 169 g/mol. The molecule has 0 spiro atoms. The van der Waals surface area contributed by atoms with E-state index in [0.29, 0.717) is 5.54 Å². The minimum Gasteiger partial charge on any atom is -0.304 e. The first-order valence-electron chi connectivity index (χ1n) is 5.12. The van der Waals surface area contributed by atoms with Crippen LogP contribution in [0.15, 0.2) is 0 Å². The van der Waals surface area contributed by atoms with Crippen LogP contribution in [0.25, 0.3) is 0 Å². The third-order valence-electron chi connectivity index (χ3n) is 3.85. The second-order valence-corrected chi connectivity index (χ2v) is 5.16. The van der Waals surface area contributed by atoms with E-state index in [-0.39, 0.29) is 0 Å². The smallest absolute Gasteiger partial charge is 0.0175 e. The maximum absolute atomic E-state index is 2.38. The lowest BCUT2D eigenvalue weighted by Gasteiger charge is -2.38. The Morgan fingerprint density at radius 2 is 1.75 bits per heavy atom. The van der Waals surface area contributed by atoms with Crippen LogP contribution in [-0.4, -0.2) is 24.5 Å². The summed E-state index contributed by atoms with van der Waals surface area (Å²) >= 11 is 0. The predicted molar refractivity (Wildman–Crippen MR) is 54.3 cm³/mol. The molecule has 1 nitrogen and oxygen atoms in total. The molecule has 0 N–H and O–H groups in total. The van der Waals surface area contributed by atoms with E-state index in [1.807, 2.05) is 0 Å². The quantitative estimate of drug-likeness (QED) is 0.614. The Morgan fingerprint density at radius 1 is 1.17 bits per heavy atom. The molecule has 1 heteroatoms. The number of hydrogen-bond acceptors (Lipinski definition) is 1. The summed E-state index contributed by atoms with van der Waals surface area (Å²) in [7, 11) is 4.39. The van der Waals surface area contributed by atoms with Gasteiger partial charge in [-0.3, -0.25) is 0 Å². The molecular weight excluding hydrogens is 146 g/mol. The predicted octanol–water partition coefficient (Wildman–Crippen LogP) is 2.76. The first kappa shape index (κ1) is 10.0. The van der Waals surface area contributed by atoms with Gasteiger partial charge < -0.3 is 4.90 Å². The van der Waals surface area contributed by atoms with Crippen molar-refractivity contribution in [2.75, 3.05) is 14.1 Å². The van der Waals surface area contributed by atoms with Gasteiger partial charge in [-0.1, -0.05) is 13.3 Å². The van der Waals surface area contributed by atoms with Crippen molar-refractivity contribution in [2.24, 2.45) is 11.8 Å². The van der Waals surface area contributed by atoms with Crippen LogP contribution in [0.3, 0.4) is 0 Å². The van der Waals surface area contributed by atoms with Gasteiger partial charge in [-0.25, -0.2) is 0 Å². The summed E-state index contributed by atoms with van der Waals surface area (Å²) in [5, 5.41) is 0. The van der Waals surface area contributed by atoms with Gasteiger partial charge in [-0.15, -0.1) is 0 Å². The molecule has 0 aromatic rings. The van der Waals surface area contributed by atoms with Crippen molar-refractivity contribution in [3.05, 3.63) is 0 Å². The van der Waals surface area contributed by atoms with E-state index in [1.54, 1.807) is 0 Å². The molecule has 12 heavy (non-hydrogen) atoms. The average Bonchev–Trinajstić information content (AvgIpc) is 2.35. The van der Waals surface area contributed by atoms with Gasteiger partial charge in [-0.05, 0) is 52.6 Å². The van der Waals surface area contributed by atoms with Crippen molar-refractivity contribution in [1.82, 2.24) is 4.90 Å². The summed E-state index contributed by atoms with van der Waals surface area (Å²) in [5.74, 6) is 1.86. The highest BCUT2D eigenvalue weighted by Gasteiger charge is 2.35. The summed E-state index contributed by atoms with van der Waals surface area (Å²) < 4.78 is 0. The topological polar surface area (TPSA) is 3.24 Å². The zero-order chi connectivity index (χ0) is 9.35. The van der Waals surface area contributed by atoms with Crippen molar-refractivity contribution >= 4 is 0 Å². The van der Waals surface area contributed by atoms with Crippen molar-refractivity contribution in [1.29, 1.82) is 0 Å². The van der Waals surface area contributed by atoms with Crippen LogP contribution in [0.4, 0.5) is 0 Å². The van der Waals surface area contributed by atoms with Gasteiger partial charge in [0.25, 0.3) is 0 Å². The first-order valence-corrected chi connectivity index (χ1v) is 5.12. The molecule has 1 rings (SSSR count). The molecule has 0 saturated heterocycles. The fourth-order valence-corrected chi connectivity index (χ4v) is 2.21. The Hall–Kier alpha value is -0.0400. The minimum absolute atomic E-state index is 0.394. The Kier molecular flexibility index (Phi) is 2.82. The highest BCUT2D eigenvalue weighted by atomic mass is 15.1. The highest BCUT2D eigenvalue weighted by Crippen LogP contribution is 2.39. The van der Waals surface area contributed by atoms with E-state index >= 15 is 0 Å².